The molecule has 0 aromatic heterocycles. The van der Waals surface area contributed by atoms with Gasteiger partial charge in [0.2, 0.25) is 5.24 Å². The first kappa shape index (κ1) is 10.3. The minimum Gasteiger partial charge on any atom is -0.281 e. The summed E-state index contributed by atoms with van der Waals surface area (Å²) in [5, 5.41) is -0.193. The molecule has 0 N–H and O–H groups in total. The summed E-state index contributed by atoms with van der Waals surface area (Å²) in [4.78, 5) is 11.1. The zero-order valence-corrected chi connectivity index (χ0v) is 10.1. The van der Waals surface area contributed by atoms with Crippen molar-refractivity contribution in [2.24, 2.45) is 5.92 Å². The lowest BCUT2D eigenvalue weighted by atomic mass is 9.57. The lowest BCUT2D eigenvalue weighted by Gasteiger charge is -2.48. The zero-order valence-electron chi connectivity index (χ0n) is 9.37. The second-order valence-electron chi connectivity index (χ2n) is 5.23. The quantitative estimate of drug-likeness (QED) is 0.713. The van der Waals surface area contributed by atoms with Crippen molar-refractivity contribution in [1.29, 1.82) is 0 Å². The molecule has 1 atom stereocenters. The Morgan fingerprint density at radius 3 is 2.81 bits per heavy atom. The maximum Gasteiger partial charge on any atom is 0.222 e. The molecule has 3 aliphatic carbocycles. The molecule has 1 saturated carbocycles. The third kappa shape index (κ3) is 1.49. The molecule has 2 heteroatoms. The Kier molecular flexibility index (Phi) is 2.32. The van der Waals surface area contributed by atoms with Crippen LogP contribution >= 0.6 is 11.6 Å². The first-order valence-electron chi connectivity index (χ1n) is 5.94. The standard InChI is InChI=1S/C14H15ClO/c1-8-2-3-11-12(4-8)9-5-10(6-9)13(11)7-14(15)16/h2-4,9-10,13H,5-7H2,1H3. The first-order chi connectivity index (χ1) is 7.65. The predicted octanol–water partition coefficient (Wildman–Crippen LogP) is 3.74. The average Bonchev–Trinajstić information content (AvgIpc) is 2.13. The van der Waals surface area contributed by atoms with Crippen LogP contribution in [0.4, 0.5) is 0 Å². The monoisotopic (exact) mass is 234 g/mol. The molecule has 2 bridgehead atoms. The molecule has 84 valence electrons. The lowest BCUT2D eigenvalue weighted by Crippen LogP contribution is -2.35. The molecule has 0 heterocycles. The molecular formula is C14H15ClO. The molecule has 1 aromatic rings. The zero-order chi connectivity index (χ0) is 11.3. The molecule has 0 amide bonds. The summed E-state index contributed by atoms with van der Waals surface area (Å²) in [6, 6.07) is 6.64. The maximum absolute atomic E-state index is 11.1. The van der Waals surface area contributed by atoms with E-state index in [1.807, 2.05) is 0 Å². The SMILES string of the molecule is Cc1ccc2c(c1)C1CC(C1)C2CC(=O)Cl. The first-order valence-corrected chi connectivity index (χ1v) is 6.31. The molecule has 3 aliphatic rings. The van der Waals surface area contributed by atoms with Crippen molar-refractivity contribution in [3.63, 3.8) is 0 Å². The molecule has 1 nitrogen and oxygen atoms in total. The summed E-state index contributed by atoms with van der Waals surface area (Å²) >= 11 is 5.55. The average molecular weight is 235 g/mol. The fourth-order valence-corrected chi connectivity index (χ4v) is 3.50. The van der Waals surface area contributed by atoms with Gasteiger partial charge in [0.15, 0.2) is 0 Å². The molecule has 1 aromatic carbocycles. The van der Waals surface area contributed by atoms with E-state index in [2.05, 4.69) is 25.1 Å². The highest BCUT2D eigenvalue weighted by Gasteiger charge is 2.43. The van der Waals surface area contributed by atoms with Gasteiger partial charge in [0.1, 0.15) is 0 Å². The third-order valence-electron chi connectivity index (χ3n) is 4.21. The van der Waals surface area contributed by atoms with E-state index in [1.165, 1.54) is 29.5 Å². The molecule has 0 radical (unpaired) electrons. The van der Waals surface area contributed by atoms with Crippen LogP contribution in [0.15, 0.2) is 18.2 Å². The van der Waals surface area contributed by atoms with E-state index in [9.17, 15) is 4.79 Å². The van der Waals surface area contributed by atoms with Crippen molar-refractivity contribution in [3.05, 3.63) is 34.9 Å². The summed E-state index contributed by atoms with van der Waals surface area (Å²) in [6.45, 7) is 2.13. The Hall–Kier alpha value is -0.820. The lowest BCUT2D eigenvalue weighted by molar-refractivity contribution is -0.112. The summed E-state index contributed by atoms with van der Waals surface area (Å²) < 4.78 is 0. The fourth-order valence-electron chi connectivity index (χ4n) is 3.33. The molecule has 0 saturated heterocycles. The molecule has 0 spiro atoms. The largest absolute Gasteiger partial charge is 0.281 e. The topological polar surface area (TPSA) is 17.1 Å². The van der Waals surface area contributed by atoms with E-state index in [0.29, 0.717) is 18.3 Å². The molecular weight excluding hydrogens is 220 g/mol. The van der Waals surface area contributed by atoms with Crippen molar-refractivity contribution in [3.8, 4) is 0 Å². The molecule has 4 rings (SSSR count). The van der Waals surface area contributed by atoms with Crippen molar-refractivity contribution in [1.82, 2.24) is 0 Å². The van der Waals surface area contributed by atoms with Crippen molar-refractivity contribution >= 4 is 16.8 Å². The number of carbonyl (C=O) groups excluding carboxylic acids is 1. The van der Waals surface area contributed by atoms with Crippen molar-refractivity contribution in [2.45, 2.75) is 38.0 Å². The van der Waals surface area contributed by atoms with Gasteiger partial charge >= 0.3 is 0 Å². The van der Waals surface area contributed by atoms with E-state index in [4.69, 9.17) is 11.6 Å². The Morgan fingerprint density at radius 1 is 1.38 bits per heavy atom. The second kappa shape index (κ2) is 3.59. The number of hydrogen-bond acceptors (Lipinski definition) is 1. The van der Waals surface area contributed by atoms with Gasteiger partial charge in [-0.1, -0.05) is 23.8 Å². The summed E-state index contributed by atoms with van der Waals surface area (Å²) in [5.74, 6) is 1.83. The third-order valence-corrected chi connectivity index (χ3v) is 4.36. The number of halogens is 1. The van der Waals surface area contributed by atoms with Crippen LogP contribution in [0, 0.1) is 12.8 Å². The van der Waals surface area contributed by atoms with E-state index in [-0.39, 0.29) is 5.24 Å². The highest BCUT2D eigenvalue weighted by molar-refractivity contribution is 6.63. The van der Waals surface area contributed by atoms with Gasteiger partial charge in [-0.25, -0.2) is 0 Å². The number of rotatable bonds is 2. The second-order valence-corrected chi connectivity index (χ2v) is 5.65. The number of hydrogen-bond donors (Lipinski definition) is 0. The number of benzene rings is 1. The van der Waals surface area contributed by atoms with Gasteiger partial charge in [-0.3, -0.25) is 4.79 Å². The highest BCUT2D eigenvalue weighted by atomic mass is 35.5. The Bertz CT molecular complexity index is 446. The van der Waals surface area contributed by atoms with Gasteiger partial charge in [0, 0.05) is 6.42 Å². The Morgan fingerprint density at radius 2 is 2.12 bits per heavy atom. The van der Waals surface area contributed by atoms with Crippen LogP contribution in [0.25, 0.3) is 0 Å². The minimum atomic E-state index is -0.193. The molecule has 1 unspecified atom stereocenters. The summed E-state index contributed by atoms with van der Waals surface area (Å²) in [6.07, 6.45) is 3.02. The van der Waals surface area contributed by atoms with Crippen LogP contribution in [-0.4, -0.2) is 5.24 Å². The van der Waals surface area contributed by atoms with Gasteiger partial charge in [-0.15, -0.1) is 0 Å². The molecule has 0 aliphatic heterocycles. The van der Waals surface area contributed by atoms with E-state index < -0.39 is 0 Å². The smallest absolute Gasteiger partial charge is 0.222 e. The number of aryl methyl sites for hydroxylation is 1. The van der Waals surface area contributed by atoms with E-state index in [0.717, 1.165) is 5.92 Å². The van der Waals surface area contributed by atoms with Crippen molar-refractivity contribution in [2.75, 3.05) is 0 Å². The van der Waals surface area contributed by atoms with Crippen molar-refractivity contribution < 1.29 is 4.79 Å². The van der Waals surface area contributed by atoms with Gasteiger partial charge in [0.05, 0.1) is 0 Å². The van der Waals surface area contributed by atoms with Crippen LogP contribution < -0.4 is 0 Å². The predicted molar refractivity (Wildman–Crippen MR) is 64.9 cm³/mol. The van der Waals surface area contributed by atoms with Gasteiger partial charge in [0.25, 0.3) is 0 Å². The Balaban J connectivity index is 2.02. The fraction of sp³-hybridized carbons (Fsp3) is 0.500. The van der Waals surface area contributed by atoms with Gasteiger partial charge < -0.3 is 0 Å². The van der Waals surface area contributed by atoms with Crippen LogP contribution in [0.1, 0.15) is 47.8 Å². The summed E-state index contributed by atoms with van der Waals surface area (Å²) in [5.41, 5.74) is 4.18. The summed E-state index contributed by atoms with van der Waals surface area (Å²) in [7, 11) is 0. The van der Waals surface area contributed by atoms with Crippen LogP contribution in [-0.2, 0) is 4.79 Å². The van der Waals surface area contributed by atoms with Crippen LogP contribution in [0.3, 0.4) is 0 Å². The highest BCUT2D eigenvalue weighted by Crippen LogP contribution is 2.56. The Labute approximate surface area is 101 Å². The molecule has 16 heavy (non-hydrogen) atoms. The normalized spacial score (nSPS) is 30.5. The van der Waals surface area contributed by atoms with Gasteiger partial charge in [-0.2, -0.15) is 0 Å². The van der Waals surface area contributed by atoms with Gasteiger partial charge in [-0.05, 0) is 60.2 Å². The maximum atomic E-state index is 11.1. The number of carbonyl (C=O) groups is 1. The molecule has 1 fully saturated rings. The van der Waals surface area contributed by atoms with E-state index in [1.54, 1.807) is 0 Å². The van der Waals surface area contributed by atoms with Crippen LogP contribution in [0.2, 0.25) is 0 Å². The van der Waals surface area contributed by atoms with Crippen LogP contribution in [0.5, 0.6) is 0 Å². The minimum absolute atomic E-state index is 0.193. The van der Waals surface area contributed by atoms with E-state index >= 15 is 0 Å².